The molecule has 2 nitrogen and oxygen atoms in total. The van der Waals surface area contributed by atoms with Gasteiger partial charge in [-0.15, -0.1) is 0 Å². The van der Waals surface area contributed by atoms with E-state index in [1.165, 1.54) is 0 Å². The van der Waals surface area contributed by atoms with Gasteiger partial charge in [-0.1, -0.05) is 27.5 Å². The third-order valence-corrected chi connectivity index (χ3v) is 3.74. The fourth-order valence-corrected chi connectivity index (χ4v) is 3.13. The number of nitrogens with one attached hydrogen (secondary N) is 1. The van der Waals surface area contributed by atoms with Crippen molar-refractivity contribution in [2.24, 2.45) is 0 Å². The second kappa shape index (κ2) is 6.07. The van der Waals surface area contributed by atoms with E-state index in [1.54, 1.807) is 0 Å². The molecule has 1 aliphatic heterocycles. The number of benzene rings is 1. The Kier molecular flexibility index (Phi) is 4.71. The minimum atomic E-state index is 0.280. The van der Waals surface area contributed by atoms with Crippen LogP contribution >= 0.6 is 27.5 Å². The first-order valence-corrected chi connectivity index (χ1v) is 7.17. The first kappa shape index (κ1) is 13.2. The lowest BCUT2D eigenvalue weighted by Crippen LogP contribution is -2.19. The summed E-state index contributed by atoms with van der Waals surface area (Å²) in [6.45, 7) is 4.14. The molecular formula is C13H17BrClNO. The zero-order valence-corrected chi connectivity index (χ0v) is 12.3. The summed E-state index contributed by atoms with van der Waals surface area (Å²) < 4.78 is 7.05. The number of hydrogen-bond acceptors (Lipinski definition) is 2. The van der Waals surface area contributed by atoms with Crippen LogP contribution in [0.1, 0.15) is 24.8 Å². The Bertz CT molecular complexity index is 366. The molecule has 1 aliphatic rings. The zero-order chi connectivity index (χ0) is 12.3. The topological polar surface area (TPSA) is 21.3 Å². The molecule has 1 aromatic carbocycles. The number of halogens is 2. The lowest BCUT2D eigenvalue weighted by molar-refractivity contribution is 0.186. The highest BCUT2D eigenvalue weighted by molar-refractivity contribution is 9.10. The average Bonchev–Trinajstić information content (AvgIpc) is 2.51. The van der Waals surface area contributed by atoms with E-state index in [4.69, 9.17) is 16.3 Å². The summed E-state index contributed by atoms with van der Waals surface area (Å²) >= 11 is 9.66. The van der Waals surface area contributed by atoms with Crippen molar-refractivity contribution in [1.29, 1.82) is 0 Å². The quantitative estimate of drug-likeness (QED) is 0.892. The molecule has 1 saturated heterocycles. The van der Waals surface area contributed by atoms with E-state index >= 15 is 0 Å². The third kappa shape index (κ3) is 3.60. The molecule has 1 heterocycles. The average molecular weight is 319 g/mol. The maximum absolute atomic E-state index is 6.22. The van der Waals surface area contributed by atoms with Crippen molar-refractivity contribution in [1.82, 2.24) is 5.32 Å². The predicted octanol–water partition coefficient (Wildman–Crippen LogP) is 3.93. The zero-order valence-electron chi connectivity index (χ0n) is 9.93. The van der Waals surface area contributed by atoms with Crippen molar-refractivity contribution in [2.75, 3.05) is 13.1 Å². The highest BCUT2D eigenvalue weighted by Crippen LogP contribution is 2.33. The normalized spacial score (nSPS) is 21.0. The maximum Gasteiger partial charge on any atom is 0.141 e. The SMILES string of the molecule is Cc1cc(Br)cc(Cl)c1OC1CCCNCC1. The fourth-order valence-electron chi connectivity index (χ4n) is 2.11. The molecule has 1 aromatic rings. The minimum Gasteiger partial charge on any atom is -0.489 e. The van der Waals surface area contributed by atoms with Crippen molar-refractivity contribution in [3.63, 3.8) is 0 Å². The number of rotatable bonds is 2. The molecule has 1 fully saturated rings. The minimum absolute atomic E-state index is 0.280. The van der Waals surface area contributed by atoms with E-state index in [-0.39, 0.29) is 6.10 Å². The van der Waals surface area contributed by atoms with Gasteiger partial charge in [0, 0.05) is 4.47 Å². The van der Waals surface area contributed by atoms with Crippen LogP contribution in [0.15, 0.2) is 16.6 Å². The van der Waals surface area contributed by atoms with Gasteiger partial charge in [0.2, 0.25) is 0 Å². The van der Waals surface area contributed by atoms with Gasteiger partial charge >= 0.3 is 0 Å². The second-order valence-electron chi connectivity index (χ2n) is 4.45. The van der Waals surface area contributed by atoms with Crippen LogP contribution in [0.5, 0.6) is 5.75 Å². The van der Waals surface area contributed by atoms with Crippen LogP contribution in [-0.4, -0.2) is 19.2 Å². The summed E-state index contributed by atoms with van der Waals surface area (Å²) in [5.74, 6) is 0.835. The molecule has 2 rings (SSSR count). The van der Waals surface area contributed by atoms with Crippen LogP contribution in [0.2, 0.25) is 5.02 Å². The number of hydrogen-bond donors (Lipinski definition) is 1. The largest absolute Gasteiger partial charge is 0.489 e. The fraction of sp³-hybridized carbons (Fsp3) is 0.538. The molecule has 0 amide bonds. The van der Waals surface area contributed by atoms with Crippen LogP contribution in [-0.2, 0) is 0 Å². The van der Waals surface area contributed by atoms with Gasteiger partial charge in [-0.2, -0.15) is 0 Å². The Morgan fingerprint density at radius 1 is 1.35 bits per heavy atom. The van der Waals surface area contributed by atoms with E-state index in [2.05, 4.69) is 21.2 Å². The summed E-state index contributed by atoms with van der Waals surface area (Å²) in [6.07, 6.45) is 3.59. The molecule has 0 spiro atoms. The molecule has 0 aliphatic carbocycles. The lowest BCUT2D eigenvalue weighted by Gasteiger charge is -2.19. The molecule has 94 valence electrons. The van der Waals surface area contributed by atoms with E-state index in [9.17, 15) is 0 Å². The van der Waals surface area contributed by atoms with Gasteiger partial charge in [-0.3, -0.25) is 0 Å². The van der Waals surface area contributed by atoms with E-state index in [0.29, 0.717) is 5.02 Å². The molecule has 1 unspecified atom stereocenters. The summed E-state index contributed by atoms with van der Waals surface area (Å²) in [6, 6.07) is 3.93. The Hall–Kier alpha value is -0.250. The van der Waals surface area contributed by atoms with Crippen LogP contribution in [0.4, 0.5) is 0 Å². The van der Waals surface area contributed by atoms with Gasteiger partial charge < -0.3 is 10.1 Å². The molecule has 0 bridgehead atoms. The van der Waals surface area contributed by atoms with Gasteiger partial charge in [-0.25, -0.2) is 0 Å². The van der Waals surface area contributed by atoms with E-state index < -0.39 is 0 Å². The number of aryl methyl sites for hydroxylation is 1. The molecule has 1 N–H and O–H groups in total. The predicted molar refractivity (Wildman–Crippen MR) is 75.0 cm³/mol. The molecule has 17 heavy (non-hydrogen) atoms. The van der Waals surface area contributed by atoms with Crippen LogP contribution in [0.25, 0.3) is 0 Å². The van der Waals surface area contributed by atoms with Gasteiger partial charge in [0.05, 0.1) is 5.02 Å². The maximum atomic E-state index is 6.22. The van der Waals surface area contributed by atoms with Crippen LogP contribution in [0.3, 0.4) is 0 Å². The van der Waals surface area contributed by atoms with Gasteiger partial charge in [-0.05, 0) is 57.0 Å². The highest BCUT2D eigenvalue weighted by Gasteiger charge is 2.16. The Balaban J connectivity index is 2.11. The van der Waals surface area contributed by atoms with Crippen molar-refractivity contribution in [3.8, 4) is 5.75 Å². The first-order valence-electron chi connectivity index (χ1n) is 6.00. The summed E-state index contributed by atoms with van der Waals surface area (Å²) in [4.78, 5) is 0. The van der Waals surface area contributed by atoms with E-state index in [1.807, 2.05) is 19.1 Å². The van der Waals surface area contributed by atoms with E-state index in [0.717, 1.165) is 48.1 Å². The molecule has 0 saturated carbocycles. The van der Waals surface area contributed by atoms with Crippen molar-refractivity contribution in [2.45, 2.75) is 32.3 Å². The summed E-state index contributed by atoms with van der Waals surface area (Å²) in [5, 5.41) is 4.07. The Morgan fingerprint density at radius 3 is 2.94 bits per heavy atom. The van der Waals surface area contributed by atoms with Gasteiger partial charge in [0.1, 0.15) is 11.9 Å². The molecule has 0 radical (unpaired) electrons. The lowest BCUT2D eigenvalue weighted by atomic mass is 10.1. The molecular weight excluding hydrogens is 302 g/mol. The van der Waals surface area contributed by atoms with Crippen LogP contribution < -0.4 is 10.1 Å². The molecule has 1 atom stereocenters. The smallest absolute Gasteiger partial charge is 0.141 e. The standard InChI is InChI=1S/C13H17BrClNO/c1-9-7-10(14)8-12(15)13(9)17-11-3-2-5-16-6-4-11/h7-8,11,16H,2-6H2,1H3. The summed E-state index contributed by atoms with van der Waals surface area (Å²) in [7, 11) is 0. The Morgan fingerprint density at radius 2 is 2.18 bits per heavy atom. The van der Waals surface area contributed by atoms with Crippen LogP contribution in [0, 0.1) is 6.92 Å². The first-order chi connectivity index (χ1) is 8.16. The second-order valence-corrected chi connectivity index (χ2v) is 5.78. The van der Waals surface area contributed by atoms with Gasteiger partial charge in [0.25, 0.3) is 0 Å². The highest BCUT2D eigenvalue weighted by atomic mass is 79.9. The van der Waals surface area contributed by atoms with Crippen molar-refractivity contribution >= 4 is 27.5 Å². The Labute approximate surface area is 116 Å². The molecule has 4 heteroatoms. The molecule has 0 aromatic heterocycles. The van der Waals surface area contributed by atoms with Crippen molar-refractivity contribution < 1.29 is 4.74 Å². The van der Waals surface area contributed by atoms with Gasteiger partial charge in [0.15, 0.2) is 0 Å². The number of ether oxygens (including phenoxy) is 1. The monoisotopic (exact) mass is 317 g/mol. The third-order valence-electron chi connectivity index (χ3n) is 3.00. The van der Waals surface area contributed by atoms with Crippen molar-refractivity contribution in [3.05, 3.63) is 27.2 Å². The summed E-state index contributed by atoms with van der Waals surface area (Å²) in [5.41, 5.74) is 1.08.